The molecule has 1 saturated heterocycles. The molecule has 1 N–H and O–H groups in total. The molecule has 1 aliphatic heterocycles. The van der Waals surface area contributed by atoms with E-state index in [-0.39, 0.29) is 17.9 Å². The van der Waals surface area contributed by atoms with Crippen molar-refractivity contribution in [3.05, 3.63) is 15.5 Å². The van der Waals surface area contributed by atoms with Crippen LogP contribution in [0.5, 0.6) is 0 Å². The number of halogens is 1. The molecular weight excluding hydrogens is 334 g/mol. The molecule has 2 unspecified atom stereocenters. The topological polar surface area (TPSA) is 79.4 Å². The molecule has 2 rings (SSSR count). The van der Waals surface area contributed by atoms with Crippen LogP contribution in [0.4, 0.5) is 0 Å². The van der Waals surface area contributed by atoms with Crippen molar-refractivity contribution in [3.63, 3.8) is 0 Å². The molecule has 0 spiro atoms. The van der Waals surface area contributed by atoms with Crippen LogP contribution in [-0.4, -0.2) is 49.0 Å². The Balaban J connectivity index is 2.02. The summed E-state index contributed by atoms with van der Waals surface area (Å²) in [6.07, 6.45) is 2.62. The molecule has 2 heterocycles. The third-order valence-corrected chi connectivity index (χ3v) is 5.96. The first-order valence-electron chi connectivity index (χ1n) is 6.68. The average molecular weight is 352 g/mol. The molecular formula is C12H18ClN3O3S2. The molecule has 1 amide bonds. The molecule has 0 radical (unpaired) electrons. The summed E-state index contributed by atoms with van der Waals surface area (Å²) < 4.78 is 25.0. The minimum atomic E-state index is -3.18. The predicted molar refractivity (Wildman–Crippen MR) is 83.2 cm³/mol. The van der Waals surface area contributed by atoms with Gasteiger partial charge in [-0.1, -0.05) is 24.9 Å². The lowest BCUT2D eigenvalue weighted by Gasteiger charge is -2.37. The van der Waals surface area contributed by atoms with Crippen molar-refractivity contribution in [1.29, 1.82) is 0 Å². The van der Waals surface area contributed by atoms with Crippen molar-refractivity contribution in [2.45, 2.75) is 25.8 Å². The number of sulfonamides is 1. The summed E-state index contributed by atoms with van der Waals surface area (Å²) in [7, 11) is -3.18. The number of amides is 1. The molecule has 21 heavy (non-hydrogen) atoms. The van der Waals surface area contributed by atoms with Crippen molar-refractivity contribution in [2.75, 3.05) is 19.3 Å². The summed E-state index contributed by atoms with van der Waals surface area (Å²) in [4.78, 5) is 16.1. The molecule has 1 fully saturated rings. The Morgan fingerprint density at radius 3 is 2.86 bits per heavy atom. The fourth-order valence-corrected chi connectivity index (χ4v) is 4.15. The van der Waals surface area contributed by atoms with Gasteiger partial charge in [-0.3, -0.25) is 4.79 Å². The normalized spacial score (nSPS) is 24.0. The standard InChI is InChI=1S/C12H18ClN3O3S2/c1-3-8-6-16(21(2,18)19)5-4-9(8)14-11(17)10-7-20-12(13)15-10/h7-9H,3-6H2,1-2H3,(H,14,17). The monoisotopic (exact) mass is 351 g/mol. The van der Waals surface area contributed by atoms with Crippen LogP contribution in [0.15, 0.2) is 5.38 Å². The van der Waals surface area contributed by atoms with Gasteiger partial charge in [-0.05, 0) is 12.3 Å². The van der Waals surface area contributed by atoms with E-state index in [2.05, 4.69) is 10.3 Å². The van der Waals surface area contributed by atoms with Crippen molar-refractivity contribution >= 4 is 38.9 Å². The summed E-state index contributed by atoms with van der Waals surface area (Å²) in [6.45, 7) is 2.87. The lowest BCUT2D eigenvalue weighted by molar-refractivity contribution is 0.0889. The first kappa shape index (κ1) is 16.7. The fourth-order valence-electron chi connectivity index (χ4n) is 2.50. The number of aromatic nitrogens is 1. The Hall–Kier alpha value is -0.700. The van der Waals surface area contributed by atoms with Gasteiger partial charge in [-0.15, -0.1) is 11.3 Å². The fraction of sp³-hybridized carbons (Fsp3) is 0.667. The second-order valence-electron chi connectivity index (χ2n) is 5.14. The maximum absolute atomic E-state index is 12.1. The number of carbonyl (C=O) groups is 1. The highest BCUT2D eigenvalue weighted by atomic mass is 35.5. The van der Waals surface area contributed by atoms with Crippen LogP contribution in [0.2, 0.25) is 4.47 Å². The van der Waals surface area contributed by atoms with Gasteiger partial charge >= 0.3 is 0 Å². The van der Waals surface area contributed by atoms with Crippen molar-refractivity contribution in [3.8, 4) is 0 Å². The largest absolute Gasteiger partial charge is 0.348 e. The predicted octanol–water partition coefficient (Wildman–Crippen LogP) is 1.59. The van der Waals surface area contributed by atoms with Gasteiger partial charge in [0.2, 0.25) is 10.0 Å². The van der Waals surface area contributed by atoms with Crippen LogP contribution in [0.3, 0.4) is 0 Å². The van der Waals surface area contributed by atoms with E-state index in [1.165, 1.54) is 21.9 Å². The van der Waals surface area contributed by atoms with Gasteiger partial charge in [0, 0.05) is 24.5 Å². The lowest BCUT2D eigenvalue weighted by Crippen LogP contribution is -2.52. The first-order chi connectivity index (χ1) is 9.81. The molecule has 2 atom stereocenters. The van der Waals surface area contributed by atoms with Gasteiger partial charge < -0.3 is 5.32 Å². The van der Waals surface area contributed by atoms with E-state index < -0.39 is 10.0 Å². The molecule has 1 aliphatic rings. The van der Waals surface area contributed by atoms with Crippen LogP contribution in [-0.2, 0) is 10.0 Å². The number of nitrogens with one attached hydrogen (secondary N) is 1. The van der Waals surface area contributed by atoms with E-state index in [4.69, 9.17) is 11.6 Å². The molecule has 1 aromatic rings. The third kappa shape index (κ3) is 4.15. The highest BCUT2D eigenvalue weighted by Crippen LogP contribution is 2.23. The Labute approximate surface area is 133 Å². The minimum absolute atomic E-state index is 0.0408. The van der Waals surface area contributed by atoms with E-state index in [1.54, 1.807) is 5.38 Å². The first-order valence-corrected chi connectivity index (χ1v) is 9.79. The van der Waals surface area contributed by atoms with E-state index >= 15 is 0 Å². The van der Waals surface area contributed by atoms with Gasteiger partial charge in [0.25, 0.3) is 5.91 Å². The molecule has 1 aromatic heterocycles. The van der Waals surface area contributed by atoms with E-state index in [0.29, 0.717) is 29.7 Å². The molecule has 0 saturated carbocycles. The van der Waals surface area contributed by atoms with Crippen LogP contribution in [0.1, 0.15) is 30.3 Å². The zero-order chi connectivity index (χ0) is 15.6. The SMILES string of the molecule is CCC1CN(S(C)(=O)=O)CCC1NC(=O)c1csc(Cl)n1. The van der Waals surface area contributed by atoms with E-state index in [1.807, 2.05) is 6.92 Å². The second-order valence-corrected chi connectivity index (χ2v) is 8.57. The van der Waals surface area contributed by atoms with E-state index in [0.717, 1.165) is 6.42 Å². The Kier molecular flexibility index (Phi) is 5.24. The van der Waals surface area contributed by atoms with Gasteiger partial charge in [-0.25, -0.2) is 17.7 Å². The van der Waals surface area contributed by atoms with E-state index in [9.17, 15) is 13.2 Å². The van der Waals surface area contributed by atoms with Gasteiger partial charge in [0.1, 0.15) is 5.69 Å². The van der Waals surface area contributed by atoms with Crippen LogP contribution >= 0.6 is 22.9 Å². The van der Waals surface area contributed by atoms with Gasteiger partial charge in [0.15, 0.2) is 4.47 Å². The summed E-state index contributed by atoms with van der Waals surface area (Å²) in [6, 6.07) is -0.0408. The molecule has 9 heteroatoms. The van der Waals surface area contributed by atoms with Crippen LogP contribution < -0.4 is 5.32 Å². The summed E-state index contributed by atoms with van der Waals surface area (Å²) >= 11 is 6.94. The summed E-state index contributed by atoms with van der Waals surface area (Å²) in [5.74, 6) is -0.152. The number of rotatable bonds is 4. The highest BCUT2D eigenvalue weighted by Gasteiger charge is 2.33. The Bertz CT molecular complexity index is 617. The number of piperidine rings is 1. The van der Waals surface area contributed by atoms with Gasteiger partial charge in [-0.2, -0.15) is 0 Å². The molecule has 0 aromatic carbocycles. The average Bonchev–Trinajstić information content (AvgIpc) is 2.84. The van der Waals surface area contributed by atoms with Crippen molar-refractivity contribution in [1.82, 2.24) is 14.6 Å². The van der Waals surface area contributed by atoms with Crippen LogP contribution in [0.25, 0.3) is 0 Å². The number of thiazole rings is 1. The van der Waals surface area contributed by atoms with Gasteiger partial charge in [0.05, 0.1) is 6.26 Å². The Morgan fingerprint density at radius 1 is 1.62 bits per heavy atom. The maximum atomic E-state index is 12.1. The molecule has 0 bridgehead atoms. The number of carbonyl (C=O) groups excluding carboxylic acids is 1. The van der Waals surface area contributed by atoms with Crippen LogP contribution in [0, 0.1) is 5.92 Å². The molecule has 0 aliphatic carbocycles. The molecule has 6 nitrogen and oxygen atoms in total. The number of hydrogen-bond donors (Lipinski definition) is 1. The lowest BCUT2D eigenvalue weighted by atomic mass is 9.91. The second kappa shape index (κ2) is 6.60. The zero-order valence-corrected chi connectivity index (χ0v) is 14.3. The summed E-state index contributed by atoms with van der Waals surface area (Å²) in [5, 5.41) is 4.56. The van der Waals surface area contributed by atoms with Crippen molar-refractivity contribution in [2.24, 2.45) is 5.92 Å². The summed E-state index contributed by atoms with van der Waals surface area (Å²) in [5.41, 5.74) is 0.311. The zero-order valence-electron chi connectivity index (χ0n) is 11.9. The highest BCUT2D eigenvalue weighted by molar-refractivity contribution is 7.88. The Morgan fingerprint density at radius 2 is 2.33 bits per heavy atom. The smallest absolute Gasteiger partial charge is 0.271 e. The third-order valence-electron chi connectivity index (χ3n) is 3.72. The number of hydrogen-bond acceptors (Lipinski definition) is 5. The molecule has 118 valence electrons. The maximum Gasteiger partial charge on any atom is 0.271 e. The minimum Gasteiger partial charge on any atom is -0.348 e. The van der Waals surface area contributed by atoms with Crippen molar-refractivity contribution < 1.29 is 13.2 Å². The number of nitrogens with zero attached hydrogens (tertiary/aromatic N) is 2. The quantitative estimate of drug-likeness (QED) is 0.893.